The van der Waals surface area contributed by atoms with Crippen LogP contribution < -0.4 is 0 Å². The molecule has 1 spiro atoms. The number of likely N-dealkylation sites (tertiary alicyclic amines) is 1. The van der Waals surface area contributed by atoms with Crippen LogP contribution >= 0.6 is 11.3 Å². The van der Waals surface area contributed by atoms with Gasteiger partial charge in [0.1, 0.15) is 0 Å². The highest BCUT2D eigenvalue weighted by atomic mass is 32.1. The van der Waals surface area contributed by atoms with Gasteiger partial charge in [-0.05, 0) is 46.9 Å². The van der Waals surface area contributed by atoms with Crippen molar-refractivity contribution in [1.82, 2.24) is 4.90 Å². The first-order chi connectivity index (χ1) is 13.3. The van der Waals surface area contributed by atoms with Crippen LogP contribution in [0.15, 0.2) is 66.0 Å². The summed E-state index contributed by atoms with van der Waals surface area (Å²) in [5, 5.41) is 2.38. The van der Waals surface area contributed by atoms with Crippen molar-refractivity contribution in [1.29, 1.82) is 0 Å². The van der Waals surface area contributed by atoms with E-state index in [0.717, 1.165) is 45.5 Å². The van der Waals surface area contributed by atoms with E-state index < -0.39 is 0 Å². The van der Waals surface area contributed by atoms with Crippen molar-refractivity contribution in [2.75, 3.05) is 19.7 Å². The Morgan fingerprint density at radius 3 is 2.37 bits per heavy atom. The maximum absolute atomic E-state index is 6.46. The summed E-state index contributed by atoms with van der Waals surface area (Å²) in [6.45, 7) is 4.10. The first-order valence-corrected chi connectivity index (χ1v) is 10.8. The van der Waals surface area contributed by atoms with E-state index in [2.05, 4.69) is 70.9 Å². The molecule has 0 bridgehead atoms. The zero-order valence-corrected chi connectivity index (χ0v) is 16.4. The second kappa shape index (κ2) is 7.23. The molecule has 1 saturated heterocycles. The molecular weight excluding hydrogens is 350 g/mol. The highest BCUT2D eigenvalue weighted by molar-refractivity contribution is 7.14. The lowest BCUT2D eigenvalue weighted by Gasteiger charge is -2.44. The molecule has 0 radical (unpaired) electrons. The van der Waals surface area contributed by atoms with Crippen molar-refractivity contribution < 1.29 is 4.74 Å². The van der Waals surface area contributed by atoms with Gasteiger partial charge in [-0.15, -0.1) is 11.3 Å². The Balaban J connectivity index is 1.36. The zero-order chi connectivity index (χ0) is 18.1. The Morgan fingerprint density at radius 1 is 0.926 bits per heavy atom. The Morgan fingerprint density at radius 2 is 1.63 bits per heavy atom. The first-order valence-electron chi connectivity index (χ1n) is 9.91. The third kappa shape index (κ3) is 3.25. The molecule has 138 valence electrons. The number of fused-ring (bicyclic) bond motifs is 2. The van der Waals surface area contributed by atoms with Crippen molar-refractivity contribution in [2.45, 2.75) is 31.4 Å². The number of hydrogen-bond acceptors (Lipinski definition) is 3. The summed E-state index contributed by atoms with van der Waals surface area (Å²) in [5.41, 5.74) is 5.69. The van der Waals surface area contributed by atoms with Gasteiger partial charge in [0.25, 0.3) is 0 Å². The Kier molecular flexibility index (Phi) is 4.60. The maximum Gasteiger partial charge on any atom is 0.0966 e. The fourth-order valence-electron chi connectivity index (χ4n) is 4.60. The molecule has 2 aromatic carbocycles. The summed E-state index contributed by atoms with van der Waals surface area (Å²) in [6, 6.07) is 21.6. The summed E-state index contributed by atoms with van der Waals surface area (Å²) in [5.74, 6) is 0. The Hall–Kier alpha value is -1.94. The lowest BCUT2D eigenvalue weighted by molar-refractivity contribution is -0.0984. The zero-order valence-electron chi connectivity index (χ0n) is 15.6. The standard InChI is InChI=1S/C24H25NOS/c1-3-7-19(8-4-1)17-25-14-12-24(13-15-25)22-18-27-23(21(22)11-16-26-24)20-9-5-2-6-10-20/h1-10,18H,11-17H2. The number of benzene rings is 2. The molecular formula is C24H25NOS. The van der Waals surface area contributed by atoms with E-state index in [4.69, 9.17) is 4.74 Å². The fourth-order valence-corrected chi connectivity index (χ4v) is 5.82. The van der Waals surface area contributed by atoms with Crippen LogP contribution in [0.4, 0.5) is 0 Å². The average molecular weight is 376 g/mol. The highest BCUT2D eigenvalue weighted by Crippen LogP contribution is 2.47. The largest absolute Gasteiger partial charge is 0.370 e. The summed E-state index contributed by atoms with van der Waals surface area (Å²) in [7, 11) is 0. The minimum absolute atomic E-state index is 0.0652. The van der Waals surface area contributed by atoms with Gasteiger partial charge in [-0.2, -0.15) is 0 Å². The van der Waals surface area contributed by atoms with Gasteiger partial charge in [0, 0.05) is 24.5 Å². The van der Waals surface area contributed by atoms with E-state index in [0.29, 0.717) is 0 Å². The quantitative estimate of drug-likeness (QED) is 0.601. The molecule has 5 rings (SSSR count). The van der Waals surface area contributed by atoms with E-state index >= 15 is 0 Å². The van der Waals surface area contributed by atoms with E-state index in [1.807, 2.05) is 11.3 Å². The van der Waals surface area contributed by atoms with Crippen LogP contribution in [-0.2, 0) is 23.3 Å². The molecule has 0 N–H and O–H groups in total. The molecule has 3 heteroatoms. The average Bonchev–Trinajstić information content (AvgIpc) is 3.17. The molecule has 27 heavy (non-hydrogen) atoms. The van der Waals surface area contributed by atoms with Gasteiger partial charge in [0.2, 0.25) is 0 Å². The predicted molar refractivity (Wildman–Crippen MR) is 112 cm³/mol. The molecule has 2 nitrogen and oxygen atoms in total. The number of rotatable bonds is 3. The van der Waals surface area contributed by atoms with E-state index in [-0.39, 0.29) is 5.60 Å². The van der Waals surface area contributed by atoms with E-state index in [9.17, 15) is 0 Å². The van der Waals surface area contributed by atoms with Crippen LogP contribution in [0.5, 0.6) is 0 Å². The number of thiophene rings is 1. The number of hydrogen-bond donors (Lipinski definition) is 0. The molecule has 1 aromatic heterocycles. The summed E-state index contributed by atoms with van der Waals surface area (Å²) in [4.78, 5) is 4.02. The van der Waals surface area contributed by atoms with Crippen LogP contribution in [0.25, 0.3) is 10.4 Å². The number of piperidine rings is 1. The smallest absolute Gasteiger partial charge is 0.0966 e. The highest BCUT2D eigenvalue weighted by Gasteiger charge is 2.42. The summed E-state index contributed by atoms with van der Waals surface area (Å²) in [6.07, 6.45) is 3.23. The third-order valence-electron chi connectivity index (χ3n) is 6.06. The molecule has 2 aliphatic heterocycles. The molecule has 0 saturated carbocycles. The second-order valence-corrected chi connectivity index (χ2v) is 8.56. The van der Waals surface area contributed by atoms with Crippen molar-refractivity contribution in [2.24, 2.45) is 0 Å². The topological polar surface area (TPSA) is 12.5 Å². The molecule has 3 heterocycles. The van der Waals surface area contributed by atoms with Crippen molar-refractivity contribution in [3.63, 3.8) is 0 Å². The van der Waals surface area contributed by atoms with Gasteiger partial charge < -0.3 is 4.74 Å². The van der Waals surface area contributed by atoms with Gasteiger partial charge >= 0.3 is 0 Å². The Labute approximate surface area is 165 Å². The second-order valence-electron chi connectivity index (χ2n) is 7.68. The van der Waals surface area contributed by atoms with Gasteiger partial charge in [0.05, 0.1) is 12.2 Å². The van der Waals surface area contributed by atoms with Crippen LogP contribution in [0.2, 0.25) is 0 Å². The normalized spacial score (nSPS) is 19.1. The summed E-state index contributed by atoms with van der Waals surface area (Å²) >= 11 is 1.90. The predicted octanol–water partition coefficient (Wildman–Crippen LogP) is 5.48. The Bertz CT molecular complexity index is 895. The third-order valence-corrected chi connectivity index (χ3v) is 7.14. The first kappa shape index (κ1) is 17.2. The maximum atomic E-state index is 6.46. The number of ether oxygens (including phenoxy) is 1. The van der Waals surface area contributed by atoms with Gasteiger partial charge in [-0.1, -0.05) is 60.7 Å². The fraction of sp³-hybridized carbons (Fsp3) is 0.333. The van der Waals surface area contributed by atoms with Crippen LogP contribution in [0, 0.1) is 0 Å². The van der Waals surface area contributed by atoms with E-state index in [1.54, 1.807) is 0 Å². The van der Waals surface area contributed by atoms with Gasteiger partial charge in [-0.3, -0.25) is 4.90 Å². The number of nitrogens with zero attached hydrogens (tertiary/aromatic N) is 1. The van der Waals surface area contributed by atoms with Crippen molar-refractivity contribution >= 4 is 11.3 Å². The van der Waals surface area contributed by atoms with Crippen LogP contribution in [0.1, 0.15) is 29.5 Å². The minimum atomic E-state index is -0.0652. The van der Waals surface area contributed by atoms with Gasteiger partial charge in [0.15, 0.2) is 0 Å². The molecule has 1 fully saturated rings. The van der Waals surface area contributed by atoms with E-state index in [1.165, 1.54) is 27.1 Å². The monoisotopic (exact) mass is 375 g/mol. The molecule has 0 atom stereocenters. The SMILES string of the molecule is c1ccc(CN2CCC3(CC2)OCCc2c3csc2-c2ccccc2)cc1. The minimum Gasteiger partial charge on any atom is -0.370 e. The molecule has 0 unspecified atom stereocenters. The molecule has 3 aromatic rings. The molecule has 0 aliphatic carbocycles. The molecule has 2 aliphatic rings. The lowest BCUT2D eigenvalue weighted by Crippen LogP contribution is -2.46. The summed E-state index contributed by atoms with van der Waals surface area (Å²) < 4.78 is 6.46. The van der Waals surface area contributed by atoms with Gasteiger partial charge in [-0.25, -0.2) is 0 Å². The van der Waals surface area contributed by atoms with Crippen molar-refractivity contribution in [3.8, 4) is 10.4 Å². The van der Waals surface area contributed by atoms with Crippen molar-refractivity contribution in [3.05, 3.63) is 82.7 Å². The van der Waals surface area contributed by atoms with Crippen LogP contribution in [0.3, 0.4) is 0 Å². The lowest BCUT2D eigenvalue weighted by atomic mass is 9.80. The van der Waals surface area contributed by atoms with Crippen LogP contribution in [-0.4, -0.2) is 24.6 Å². The molecule has 0 amide bonds.